The highest BCUT2D eigenvalue weighted by atomic mass is 35.5. The van der Waals surface area contributed by atoms with Gasteiger partial charge in [0.1, 0.15) is 0 Å². The number of carboxylic acid groups (broad SMARTS) is 1. The molecule has 0 unspecified atom stereocenters. The summed E-state index contributed by atoms with van der Waals surface area (Å²) in [6, 6.07) is 4.17. The molecule has 0 saturated carbocycles. The molecular formula is C12H14ClNO4. The molecule has 0 aromatic heterocycles. The number of amides is 1. The van der Waals surface area contributed by atoms with Crippen LogP contribution in [0.25, 0.3) is 0 Å². The number of benzene rings is 1. The lowest BCUT2D eigenvalue weighted by molar-refractivity contribution is -0.117. The minimum atomic E-state index is -1.10. The fourth-order valence-corrected chi connectivity index (χ4v) is 1.55. The summed E-state index contributed by atoms with van der Waals surface area (Å²) in [7, 11) is 0. The van der Waals surface area contributed by atoms with E-state index >= 15 is 0 Å². The van der Waals surface area contributed by atoms with Crippen molar-refractivity contribution in [3.8, 4) is 0 Å². The van der Waals surface area contributed by atoms with Crippen molar-refractivity contribution in [3.63, 3.8) is 0 Å². The molecule has 0 heterocycles. The van der Waals surface area contributed by atoms with E-state index < -0.39 is 5.97 Å². The van der Waals surface area contributed by atoms with Crippen LogP contribution < -0.4 is 5.32 Å². The van der Waals surface area contributed by atoms with Crippen LogP contribution >= 0.6 is 11.6 Å². The number of carbonyl (C=O) groups excluding carboxylic acids is 1. The number of carbonyl (C=O) groups is 2. The third kappa shape index (κ3) is 4.73. The number of aromatic carboxylic acids is 1. The number of anilines is 1. The fourth-order valence-electron chi connectivity index (χ4n) is 1.32. The zero-order chi connectivity index (χ0) is 13.5. The number of hydrogen-bond donors (Lipinski definition) is 2. The first-order valence-electron chi connectivity index (χ1n) is 5.44. The second-order valence-corrected chi connectivity index (χ2v) is 3.97. The Bertz CT molecular complexity index is 448. The van der Waals surface area contributed by atoms with Gasteiger partial charge in [-0.3, -0.25) is 4.79 Å². The molecule has 0 aliphatic carbocycles. The summed E-state index contributed by atoms with van der Waals surface area (Å²) in [6.45, 7) is 2.72. The van der Waals surface area contributed by atoms with Gasteiger partial charge in [0.05, 0.1) is 18.6 Å². The highest BCUT2D eigenvalue weighted by Crippen LogP contribution is 2.19. The SMILES string of the molecule is CCOCCC(=O)Nc1cc(Cl)cc(C(=O)O)c1. The van der Waals surface area contributed by atoms with Crippen molar-refractivity contribution < 1.29 is 19.4 Å². The summed E-state index contributed by atoms with van der Waals surface area (Å²) in [4.78, 5) is 22.3. The highest BCUT2D eigenvalue weighted by Gasteiger charge is 2.08. The maximum absolute atomic E-state index is 11.5. The predicted molar refractivity (Wildman–Crippen MR) is 68.2 cm³/mol. The van der Waals surface area contributed by atoms with E-state index in [4.69, 9.17) is 21.4 Å². The molecule has 6 heteroatoms. The lowest BCUT2D eigenvalue weighted by Gasteiger charge is -2.07. The van der Waals surface area contributed by atoms with E-state index in [-0.39, 0.29) is 22.9 Å². The molecule has 0 saturated heterocycles. The molecule has 2 N–H and O–H groups in total. The van der Waals surface area contributed by atoms with Crippen molar-refractivity contribution in [2.75, 3.05) is 18.5 Å². The zero-order valence-electron chi connectivity index (χ0n) is 9.90. The third-order valence-electron chi connectivity index (χ3n) is 2.11. The van der Waals surface area contributed by atoms with E-state index in [9.17, 15) is 9.59 Å². The normalized spacial score (nSPS) is 10.1. The molecule has 0 aliphatic rings. The number of nitrogens with one attached hydrogen (secondary N) is 1. The van der Waals surface area contributed by atoms with Gasteiger partial charge in [0, 0.05) is 17.3 Å². The summed E-state index contributed by atoms with van der Waals surface area (Å²) < 4.78 is 5.05. The molecule has 0 spiro atoms. The smallest absolute Gasteiger partial charge is 0.335 e. The molecule has 0 fully saturated rings. The maximum atomic E-state index is 11.5. The molecule has 0 atom stereocenters. The number of halogens is 1. The molecule has 1 amide bonds. The molecule has 0 radical (unpaired) electrons. The van der Waals surface area contributed by atoms with Gasteiger partial charge in [0.25, 0.3) is 0 Å². The van der Waals surface area contributed by atoms with E-state index in [2.05, 4.69) is 5.32 Å². The van der Waals surface area contributed by atoms with Crippen molar-refractivity contribution in [1.29, 1.82) is 0 Å². The van der Waals surface area contributed by atoms with Gasteiger partial charge in [-0.05, 0) is 25.1 Å². The Balaban J connectivity index is 2.66. The number of hydrogen-bond acceptors (Lipinski definition) is 3. The van der Waals surface area contributed by atoms with Gasteiger partial charge < -0.3 is 15.2 Å². The molecule has 1 rings (SSSR count). The molecule has 0 bridgehead atoms. The predicted octanol–water partition coefficient (Wildman–Crippen LogP) is 2.40. The second kappa shape index (κ2) is 6.98. The van der Waals surface area contributed by atoms with Crippen LogP contribution in [-0.2, 0) is 9.53 Å². The Labute approximate surface area is 110 Å². The second-order valence-electron chi connectivity index (χ2n) is 3.53. The first-order valence-corrected chi connectivity index (χ1v) is 5.82. The molecule has 98 valence electrons. The minimum Gasteiger partial charge on any atom is -0.478 e. The highest BCUT2D eigenvalue weighted by molar-refractivity contribution is 6.31. The molecular weight excluding hydrogens is 258 g/mol. The van der Waals surface area contributed by atoms with Crippen LogP contribution in [0.5, 0.6) is 0 Å². The Kier molecular flexibility index (Phi) is 5.61. The van der Waals surface area contributed by atoms with Crippen LogP contribution in [0.1, 0.15) is 23.7 Å². The Morgan fingerprint density at radius 1 is 1.39 bits per heavy atom. The summed E-state index contributed by atoms with van der Waals surface area (Å²) in [6.07, 6.45) is 0.211. The summed E-state index contributed by atoms with van der Waals surface area (Å²) in [5, 5.41) is 11.7. The van der Waals surface area contributed by atoms with Gasteiger partial charge in [-0.15, -0.1) is 0 Å². The Hall–Kier alpha value is -1.59. The average molecular weight is 272 g/mol. The number of rotatable bonds is 6. The summed E-state index contributed by atoms with van der Waals surface area (Å²) >= 11 is 5.76. The van der Waals surface area contributed by atoms with Crippen molar-refractivity contribution in [3.05, 3.63) is 28.8 Å². The van der Waals surface area contributed by atoms with Crippen LogP contribution in [0.3, 0.4) is 0 Å². The molecule has 0 aliphatic heterocycles. The van der Waals surface area contributed by atoms with Crippen molar-refractivity contribution in [2.24, 2.45) is 0 Å². The monoisotopic (exact) mass is 271 g/mol. The van der Waals surface area contributed by atoms with Gasteiger partial charge in [0.2, 0.25) is 5.91 Å². The number of carboxylic acids is 1. The van der Waals surface area contributed by atoms with Gasteiger partial charge in [-0.25, -0.2) is 4.79 Å². The summed E-state index contributed by atoms with van der Waals surface area (Å²) in [5.74, 6) is -1.34. The van der Waals surface area contributed by atoms with E-state index in [0.29, 0.717) is 18.9 Å². The lowest BCUT2D eigenvalue weighted by atomic mass is 10.2. The van der Waals surface area contributed by atoms with Gasteiger partial charge in [-0.2, -0.15) is 0 Å². The van der Waals surface area contributed by atoms with Crippen LogP contribution in [0.4, 0.5) is 5.69 Å². The first-order chi connectivity index (χ1) is 8.52. The van der Waals surface area contributed by atoms with Crippen molar-refractivity contribution in [2.45, 2.75) is 13.3 Å². The molecule has 18 heavy (non-hydrogen) atoms. The van der Waals surface area contributed by atoms with E-state index in [1.807, 2.05) is 6.92 Å². The van der Waals surface area contributed by atoms with E-state index in [1.165, 1.54) is 18.2 Å². The van der Waals surface area contributed by atoms with Crippen LogP contribution in [0.15, 0.2) is 18.2 Å². The van der Waals surface area contributed by atoms with Crippen molar-refractivity contribution >= 4 is 29.2 Å². The van der Waals surface area contributed by atoms with Gasteiger partial charge in [-0.1, -0.05) is 11.6 Å². The van der Waals surface area contributed by atoms with E-state index in [0.717, 1.165) is 0 Å². The van der Waals surface area contributed by atoms with Crippen LogP contribution in [0.2, 0.25) is 5.02 Å². The zero-order valence-corrected chi connectivity index (χ0v) is 10.7. The Morgan fingerprint density at radius 3 is 2.72 bits per heavy atom. The molecule has 1 aromatic carbocycles. The molecule has 1 aromatic rings. The largest absolute Gasteiger partial charge is 0.478 e. The van der Waals surface area contributed by atoms with Gasteiger partial charge in [0.15, 0.2) is 0 Å². The van der Waals surface area contributed by atoms with Crippen LogP contribution in [-0.4, -0.2) is 30.2 Å². The average Bonchev–Trinajstić information content (AvgIpc) is 2.28. The quantitative estimate of drug-likeness (QED) is 0.779. The Morgan fingerprint density at radius 2 is 2.11 bits per heavy atom. The fraction of sp³-hybridized carbons (Fsp3) is 0.333. The van der Waals surface area contributed by atoms with E-state index in [1.54, 1.807) is 0 Å². The van der Waals surface area contributed by atoms with Crippen LogP contribution in [0, 0.1) is 0 Å². The number of ether oxygens (including phenoxy) is 1. The third-order valence-corrected chi connectivity index (χ3v) is 2.32. The minimum absolute atomic E-state index is 0.0302. The molecule has 5 nitrogen and oxygen atoms in total. The topological polar surface area (TPSA) is 75.6 Å². The first kappa shape index (κ1) is 14.5. The lowest BCUT2D eigenvalue weighted by Crippen LogP contribution is -2.14. The summed E-state index contributed by atoms with van der Waals surface area (Å²) in [5.41, 5.74) is 0.393. The van der Waals surface area contributed by atoms with Gasteiger partial charge >= 0.3 is 5.97 Å². The standard InChI is InChI=1S/C12H14ClNO4/c1-2-18-4-3-11(15)14-10-6-8(12(16)17)5-9(13)7-10/h5-7H,2-4H2,1H3,(H,14,15)(H,16,17). The van der Waals surface area contributed by atoms with Crippen molar-refractivity contribution in [1.82, 2.24) is 0 Å². The maximum Gasteiger partial charge on any atom is 0.335 e.